The zero-order valence-corrected chi connectivity index (χ0v) is 12.9. The van der Waals surface area contributed by atoms with Gasteiger partial charge in [-0.15, -0.1) is 0 Å². The maximum atomic E-state index is 12.1. The van der Waals surface area contributed by atoms with Crippen LogP contribution in [0.3, 0.4) is 0 Å². The Balaban J connectivity index is 2.38. The quantitative estimate of drug-likeness (QED) is 0.795. The van der Waals surface area contributed by atoms with Crippen molar-refractivity contribution in [3.63, 3.8) is 0 Å². The SMILES string of the molecule is CC(C)(C)CC(C)(C)NC(=O)CC1CCCCC1. The molecule has 0 aromatic rings. The molecule has 0 atom stereocenters. The third-order valence-electron chi connectivity index (χ3n) is 3.65. The second-order valence-electron chi connectivity index (χ2n) is 7.88. The summed E-state index contributed by atoms with van der Waals surface area (Å²) in [7, 11) is 0. The summed E-state index contributed by atoms with van der Waals surface area (Å²) in [5, 5.41) is 3.22. The number of amides is 1. The monoisotopic (exact) mass is 253 g/mol. The summed E-state index contributed by atoms with van der Waals surface area (Å²) in [5.74, 6) is 0.875. The second-order valence-corrected chi connectivity index (χ2v) is 7.88. The van der Waals surface area contributed by atoms with Crippen LogP contribution in [-0.2, 0) is 4.79 Å². The molecule has 1 saturated carbocycles. The lowest BCUT2D eigenvalue weighted by atomic mass is 9.81. The van der Waals surface area contributed by atoms with E-state index in [0.29, 0.717) is 5.92 Å². The first kappa shape index (κ1) is 15.5. The van der Waals surface area contributed by atoms with Crippen LogP contribution >= 0.6 is 0 Å². The summed E-state index contributed by atoms with van der Waals surface area (Å²) in [5.41, 5.74) is 0.158. The molecule has 1 fully saturated rings. The van der Waals surface area contributed by atoms with Gasteiger partial charge in [0.15, 0.2) is 0 Å². The van der Waals surface area contributed by atoms with Gasteiger partial charge < -0.3 is 5.32 Å². The fourth-order valence-corrected chi connectivity index (χ4v) is 3.45. The number of nitrogens with one attached hydrogen (secondary N) is 1. The lowest BCUT2D eigenvalue weighted by Gasteiger charge is -2.34. The first-order valence-electron chi connectivity index (χ1n) is 7.49. The summed E-state index contributed by atoms with van der Waals surface area (Å²) in [4.78, 5) is 12.1. The van der Waals surface area contributed by atoms with Crippen molar-refractivity contribution in [2.75, 3.05) is 0 Å². The fourth-order valence-electron chi connectivity index (χ4n) is 3.45. The molecule has 106 valence electrons. The molecular formula is C16H31NO. The van der Waals surface area contributed by atoms with Gasteiger partial charge in [0.1, 0.15) is 0 Å². The molecule has 0 bridgehead atoms. The Bertz CT molecular complexity index is 269. The van der Waals surface area contributed by atoms with Crippen LogP contribution in [0, 0.1) is 11.3 Å². The van der Waals surface area contributed by atoms with Crippen LogP contribution in [0.15, 0.2) is 0 Å². The third-order valence-corrected chi connectivity index (χ3v) is 3.65. The number of hydrogen-bond donors (Lipinski definition) is 1. The molecule has 2 nitrogen and oxygen atoms in total. The Kier molecular flexibility index (Phi) is 5.24. The van der Waals surface area contributed by atoms with E-state index in [9.17, 15) is 4.79 Å². The molecule has 1 aliphatic rings. The fraction of sp³-hybridized carbons (Fsp3) is 0.938. The number of carbonyl (C=O) groups excluding carboxylic acids is 1. The summed E-state index contributed by atoms with van der Waals surface area (Å²) in [6.07, 6.45) is 8.20. The largest absolute Gasteiger partial charge is 0.351 e. The molecule has 0 radical (unpaired) electrons. The van der Waals surface area contributed by atoms with Crippen LogP contribution in [0.5, 0.6) is 0 Å². The first-order valence-corrected chi connectivity index (χ1v) is 7.49. The van der Waals surface area contributed by atoms with Crippen molar-refractivity contribution in [3.05, 3.63) is 0 Å². The Morgan fingerprint density at radius 2 is 1.61 bits per heavy atom. The van der Waals surface area contributed by atoms with Crippen LogP contribution in [0.2, 0.25) is 0 Å². The lowest BCUT2D eigenvalue weighted by Crippen LogP contribution is -2.46. The van der Waals surface area contributed by atoms with E-state index in [-0.39, 0.29) is 16.9 Å². The van der Waals surface area contributed by atoms with Gasteiger partial charge in [0, 0.05) is 12.0 Å². The van der Waals surface area contributed by atoms with Crippen LogP contribution in [0.25, 0.3) is 0 Å². The number of carbonyl (C=O) groups is 1. The van der Waals surface area contributed by atoms with Gasteiger partial charge in [-0.2, -0.15) is 0 Å². The van der Waals surface area contributed by atoms with Crippen molar-refractivity contribution in [1.29, 1.82) is 0 Å². The summed E-state index contributed by atoms with van der Waals surface area (Å²) < 4.78 is 0. The van der Waals surface area contributed by atoms with Gasteiger partial charge >= 0.3 is 0 Å². The third kappa shape index (κ3) is 6.42. The first-order chi connectivity index (χ1) is 8.18. The van der Waals surface area contributed by atoms with Crippen LogP contribution in [-0.4, -0.2) is 11.4 Å². The highest BCUT2D eigenvalue weighted by Gasteiger charge is 2.27. The van der Waals surface area contributed by atoms with E-state index in [1.54, 1.807) is 0 Å². The predicted molar refractivity (Wildman–Crippen MR) is 77.5 cm³/mol. The van der Waals surface area contributed by atoms with E-state index in [2.05, 4.69) is 39.9 Å². The summed E-state index contributed by atoms with van der Waals surface area (Å²) >= 11 is 0. The minimum atomic E-state index is -0.0933. The van der Waals surface area contributed by atoms with Crippen molar-refractivity contribution in [3.8, 4) is 0 Å². The van der Waals surface area contributed by atoms with Crippen molar-refractivity contribution in [2.24, 2.45) is 11.3 Å². The molecule has 0 aliphatic heterocycles. The van der Waals surface area contributed by atoms with E-state index < -0.39 is 0 Å². The minimum Gasteiger partial charge on any atom is -0.351 e. The molecule has 0 saturated heterocycles. The van der Waals surface area contributed by atoms with E-state index in [4.69, 9.17) is 0 Å². The molecule has 1 N–H and O–H groups in total. The van der Waals surface area contributed by atoms with Gasteiger partial charge in [-0.1, -0.05) is 40.0 Å². The number of rotatable bonds is 4. The Hall–Kier alpha value is -0.530. The molecule has 0 aromatic heterocycles. The minimum absolute atomic E-state index is 0.0933. The molecule has 1 aliphatic carbocycles. The van der Waals surface area contributed by atoms with E-state index >= 15 is 0 Å². The molecular weight excluding hydrogens is 222 g/mol. The van der Waals surface area contributed by atoms with Gasteiger partial charge in [-0.3, -0.25) is 4.79 Å². The molecule has 0 unspecified atom stereocenters. The van der Waals surface area contributed by atoms with Gasteiger partial charge in [0.2, 0.25) is 5.91 Å². The Morgan fingerprint density at radius 3 is 2.11 bits per heavy atom. The van der Waals surface area contributed by atoms with E-state index in [0.717, 1.165) is 12.8 Å². The van der Waals surface area contributed by atoms with Gasteiger partial charge in [-0.05, 0) is 44.4 Å². The number of hydrogen-bond acceptors (Lipinski definition) is 1. The van der Waals surface area contributed by atoms with Crippen molar-refractivity contribution in [1.82, 2.24) is 5.32 Å². The molecule has 1 amide bonds. The molecule has 2 heteroatoms. The second kappa shape index (κ2) is 6.08. The predicted octanol–water partition coefficient (Wildman–Crippen LogP) is 4.29. The van der Waals surface area contributed by atoms with Crippen molar-refractivity contribution in [2.45, 2.75) is 85.1 Å². The average molecular weight is 253 g/mol. The standard InChI is InChI=1S/C16H31NO/c1-15(2,3)12-16(4,5)17-14(18)11-13-9-7-6-8-10-13/h13H,6-12H2,1-5H3,(H,17,18). The highest BCUT2D eigenvalue weighted by Crippen LogP contribution is 2.29. The van der Waals surface area contributed by atoms with Crippen LogP contribution in [0.1, 0.15) is 79.6 Å². The summed E-state index contributed by atoms with van der Waals surface area (Å²) in [6, 6.07) is 0. The Labute approximate surface area is 113 Å². The van der Waals surface area contributed by atoms with E-state index in [1.165, 1.54) is 32.1 Å². The molecule has 1 rings (SSSR count). The summed E-state index contributed by atoms with van der Waals surface area (Å²) in [6.45, 7) is 10.9. The molecule has 0 aromatic carbocycles. The molecule has 0 heterocycles. The van der Waals surface area contributed by atoms with Crippen molar-refractivity contribution >= 4 is 5.91 Å². The lowest BCUT2D eigenvalue weighted by molar-refractivity contribution is -0.124. The van der Waals surface area contributed by atoms with Crippen molar-refractivity contribution < 1.29 is 4.79 Å². The van der Waals surface area contributed by atoms with Gasteiger partial charge in [0.25, 0.3) is 0 Å². The maximum absolute atomic E-state index is 12.1. The van der Waals surface area contributed by atoms with Gasteiger partial charge in [-0.25, -0.2) is 0 Å². The van der Waals surface area contributed by atoms with E-state index in [1.807, 2.05) is 0 Å². The highest BCUT2D eigenvalue weighted by atomic mass is 16.1. The van der Waals surface area contributed by atoms with Crippen LogP contribution in [0.4, 0.5) is 0 Å². The normalized spacial score (nSPS) is 18.7. The average Bonchev–Trinajstić information content (AvgIpc) is 2.13. The zero-order valence-electron chi connectivity index (χ0n) is 12.9. The molecule has 0 spiro atoms. The van der Waals surface area contributed by atoms with Crippen LogP contribution < -0.4 is 5.32 Å². The van der Waals surface area contributed by atoms with Gasteiger partial charge in [0.05, 0.1) is 0 Å². The zero-order chi connectivity index (χ0) is 13.8. The Morgan fingerprint density at radius 1 is 1.06 bits per heavy atom. The topological polar surface area (TPSA) is 29.1 Å². The highest BCUT2D eigenvalue weighted by molar-refractivity contribution is 5.76. The smallest absolute Gasteiger partial charge is 0.220 e. The maximum Gasteiger partial charge on any atom is 0.220 e. The molecule has 18 heavy (non-hydrogen) atoms.